The van der Waals surface area contributed by atoms with Gasteiger partial charge < -0.3 is 10.2 Å². The summed E-state index contributed by atoms with van der Waals surface area (Å²) >= 11 is 0. The third-order valence-corrected chi connectivity index (χ3v) is 4.93. The maximum atomic E-state index is 13.1. The van der Waals surface area contributed by atoms with Crippen LogP contribution in [0.4, 0.5) is 10.1 Å². The molecular formula is C20H23FN2. The molecule has 0 spiro atoms. The van der Waals surface area contributed by atoms with Gasteiger partial charge in [-0.1, -0.05) is 24.3 Å². The van der Waals surface area contributed by atoms with Crippen molar-refractivity contribution in [3.8, 4) is 11.1 Å². The van der Waals surface area contributed by atoms with Crippen molar-refractivity contribution in [2.24, 2.45) is 0 Å². The molecule has 0 amide bonds. The van der Waals surface area contributed by atoms with Crippen molar-refractivity contribution in [2.75, 3.05) is 18.0 Å². The lowest BCUT2D eigenvalue weighted by Crippen LogP contribution is -2.43. The molecule has 1 aliphatic heterocycles. The average Bonchev–Trinajstić information content (AvgIpc) is 3.40. The average molecular weight is 310 g/mol. The second-order valence-corrected chi connectivity index (χ2v) is 6.76. The lowest BCUT2D eigenvalue weighted by Gasteiger charge is -2.34. The maximum absolute atomic E-state index is 13.1. The van der Waals surface area contributed by atoms with Gasteiger partial charge >= 0.3 is 0 Å². The molecule has 3 heteroatoms. The lowest BCUT2D eigenvalue weighted by atomic mass is 10.0. The molecule has 23 heavy (non-hydrogen) atoms. The van der Waals surface area contributed by atoms with Crippen molar-refractivity contribution in [1.82, 2.24) is 5.32 Å². The monoisotopic (exact) mass is 310 g/mol. The van der Waals surface area contributed by atoms with Crippen LogP contribution < -0.4 is 10.2 Å². The normalized spacial score (nSPS) is 19.1. The molecule has 2 fully saturated rings. The molecule has 4 rings (SSSR count). The van der Waals surface area contributed by atoms with E-state index in [-0.39, 0.29) is 5.82 Å². The van der Waals surface area contributed by atoms with Crippen molar-refractivity contribution in [3.63, 3.8) is 0 Å². The molecule has 1 saturated carbocycles. The zero-order chi connectivity index (χ0) is 15.6. The Morgan fingerprint density at radius 1 is 0.826 bits per heavy atom. The summed E-state index contributed by atoms with van der Waals surface area (Å²) in [5.74, 6) is -0.185. The van der Waals surface area contributed by atoms with Gasteiger partial charge in [0.15, 0.2) is 0 Å². The second kappa shape index (κ2) is 6.32. The summed E-state index contributed by atoms with van der Waals surface area (Å²) in [6.45, 7) is 2.22. The molecule has 2 aromatic rings. The highest BCUT2D eigenvalue weighted by atomic mass is 19.1. The number of nitrogens with zero attached hydrogens (tertiary/aromatic N) is 1. The van der Waals surface area contributed by atoms with Gasteiger partial charge in [0.25, 0.3) is 0 Å². The number of halogens is 1. The van der Waals surface area contributed by atoms with E-state index in [9.17, 15) is 4.39 Å². The molecule has 2 aromatic carbocycles. The minimum Gasteiger partial charge on any atom is -0.371 e. The summed E-state index contributed by atoms with van der Waals surface area (Å²) in [7, 11) is 0. The molecule has 0 atom stereocenters. The number of rotatable bonds is 4. The maximum Gasteiger partial charge on any atom is 0.123 e. The summed E-state index contributed by atoms with van der Waals surface area (Å²) in [4.78, 5) is 2.47. The third-order valence-electron chi connectivity index (χ3n) is 4.93. The smallest absolute Gasteiger partial charge is 0.123 e. The van der Waals surface area contributed by atoms with Gasteiger partial charge in [-0.25, -0.2) is 4.39 Å². The van der Waals surface area contributed by atoms with E-state index in [1.807, 2.05) is 12.1 Å². The van der Waals surface area contributed by atoms with E-state index < -0.39 is 0 Å². The van der Waals surface area contributed by atoms with Crippen LogP contribution in [0.3, 0.4) is 0 Å². The molecule has 1 saturated heterocycles. The lowest BCUT2D eigenvalue weighted by molar-refractivity contribution is 0.413. The van der Waals surface area contributed by atoms with Crippen LogP contribution in [0, 0.1) is 5.82 Å². The molecule has 0 unspecified atom stereocenters. The zero-order valence-corrected chi connectivity index (χ0v) is 13.3. The number of anilines is 1. The number of benzene rings is 2. The summed E-state index contributed by atoms with van der Waals surface area (Å²) in [6.07, 6.45) is 5.16. The van der Waals surface area contributed by atoms with E-state index in [1.165, 1.54) is 43.5 Å². The van der Waals surface area contributed by atoms with Crippen molar-refractivity contribution < 1.29 is 4.39 Å². The van der Waals surface area contributed by atoms with E-state index in [2.05, 4.69) is 34.5 Å². The fourth-order valence-corrected chi connectivity index (χ4v) is 3.41. The molecule has 1 aliphatic carbocycles. The van der Waals surface area contributed by atoms with Crippen molar-refractivity contribution in [1.29, 1.82) is 0 Å². The highest BCUT2D eigenvalue weighted by molar-refractivity contribution is 5.68. The first-order valence-corrected chi connectivity index (χ1v) is 8.65. The van der Waals surface area contributed by atoms with Crippen LogP contribution in [0.1, 0.15) is 25.7 Å². The summed E-state index contributed by atoms with van der Waals surface area (Å²) < 4.78 is 13.1. The van der Waals surface area contributed by atoms with E-state index in [4.69, 9.17) is 0 Å². The fourth-order valence-electron chi connectivity index (χ4n) is 3.41. The van der Waals surface area contributed by atoms with Gasteiger partial charge in [-0.15, -0.1) is 0 Å². The topological polar surface area (TPSA) is 15.3 Å². The van der Waals surface area contributed by atoms with Crippen LogP contribution in [0.25, 0.3) is 11.1 Å². The van der Waals surface area contributed by atoms with E-state index in [0.717, 1.165) is 30.3 Å². The number of piperidine rings is 1. The van der Waals surface area contributed by atoms with Gasteiger partial charge in [0.05, 0.1) is 0 Å². The highest BCUT2D eigenvalue weighted by Crippen LogP contribution is 2.28. The highest BCUT2D eigenvalue weighted by Gasteiger charge is 2.27. The molecule has 2 aliphatic rings. The number of hydrogen-bond donors (Lipinski definition) is 1. The first-order valence-electron chi connectivity index (χ1n) is 8.65. The van der Waals surface area contributed by atoms with Crippen molar-refractivity contribution in [2.45, 2.75) is 37.8 Å². The Hall–Kier alpha value is -1.87. The molecular weight excluding hydrogens is 287 g/mol. The SMILES string of the molecule is Fc1ccc(-c2cccc(N3CCC(NC4CC4)CC3)c2)cc1. The minimum atomic E-state index is -0.185. The molecule has 0 radical (unpaired) electrons. The zero-order valence-electron chi connectivity index (χ0n) is 13.3. The summed E-state index contributed by atoms with van der Waals surface area (Å²) in [6, 6.07) is 16.8. The minimum absolute atomic E-state index is 0.185. The standard InChI is InChI=1S/C20H23FN2/c21-17-6-4-15(5-7-17)16-2-1-3-20(14-16)23-12-10-19(11-13-23)22-18-8-9-18/h1-7,14,18-19,22H,8-13H2. The number of hydrogen-bond acceptors (Lipinski definition) is 2. The molecule has 120 valence electrons. The first kappa shape index (κ1) is 14.7. The Balaban J connectivity index is 1.45. The van der Waals surface area contributed by atoms with Gasteiger partial charge in [-0.2, -0.15) is 0 Å². The van der Waals surface area contributed by atoms with Gasteiger partial charge in [-0.3, -0.25) is 0 Å². The van der Waals surface area contributed by atoms with Crippen LogP contribution >= 0.6 is 0 Å². The number of nitrogens with one attached hydrogen (secondary N) is 1. The first-order chi connectivity index (χ1) is 11.3. The Labute approximate surface area is 137 Å². The Bertz CT molecular complexity index is 656. The van der Waals surface area contributed by atoms with Crippen molar-refractivity contribution in [3.05, 3.63) is 54.3 Å². The third kappa shape index (κ3) is 3.56. The quantitative estimate of drug-likeness (QED) is 0.910. The van der Waals surface area contributed by atoms with Gasteiger partial charge in [0.2, 0.25) is 0 Å². The fraction of sp³-hybridized carbons (Fsp3) is 0.400. The Kier molecular flexibility index (Phi) is 4.04. The molecule has 0 bridgehead atoms. The molecule has 0 aromatic heterocycles. The second-order valence-electron chi connectivity index (χ2n) is 6.76. The van der Waals surface area contributed by atoms with Crippen LogP contribution in [-0.2, 0) is 0 Å². The van der Waals surface area contributed by atoms with Gasteiger partial charge in [0, 0.05) is 30.9 Å². The van der Waals surface area contributed by atoms with E-state index in [0.29, 0.717) is 6.04 Å². The van der Waals surface area contributed by atoms with Crippen LogP contribution in [0.5, 0.6) is 0 Å². The van der Waals surface area contributed by atoms with E-state index in [1.54, 1.807) is 0 Å². The van der Waals surface area contributed by atoms with Gasteiger partial charge in [0.1, 0.15) is 5.82 Å². The summed E-state index contributed by atoms with van der Waals surface area (Å²) in [5.41, 5.74) is 3.50. The van der Waals surface area contributed by atoms with E-state index >= 15 is 0 Å². The Morgan fingerprint density at radius 2 is 1.52 bits per heavy atom. The summed E-state index contributed by atoms with van der Waals surface area (Å²) in [5, 5.41) is 3.75. The van der Waals surface area contributed by atoms with Crippen LogP contribution in [0.15, 0.2) is 48.5 Å². The predicted octanol–water partition coefficient (Wildman–Crippen LogP) is 4.21. The van der Waals surface area contributed by atoms with Crippen LogP contribution in [0.2, 0.25) is 0 Å². The molecule has 2 nitrogen and oxygen atoms in total. The molecule has 1 heterocycles. The van der Waals surface area contributed by atoms with Crippen molar-refractivity contribution >= 4 is 5.69 Å². The Morgan fingerprint density at radius 3 is 2.22 bits per heavy atom. The largest absolute Gasteiger partial charge is 0.371 e. The van der Waals surface area contributed by atoms with Gasteiger partial charge in [-0.05, 0) is 61.1 Å². The molecule has 1 N–H and O–H groups in total. The van der Waals surface area contributed by atoms with Crippen LogP contribution in [-0.4, -0.2) is 25.2 Å². The predicted molar refractivity (Wildman–Crippen MR) is 93.2 cm³/mol.